The van der Waals surface area contributed by atoms with E-state index in [4.69, 9.17) is 0 Å². The molecule has 0 aromatic carbocycles. The summed E-state index contributed by atoms with van der Waals surface area (Å²) < 4.78 is 12.9. The standard InChI is InChI=1S/C11H11FN2O2S/c1-7(15)17-8-5-11(16)14(6-8)10-4-2-3-9(12)13-10/h2-4,8H,5-6H2,1H3. The van der Waals surface area contributed by atoms with Gasteiger partial charge in [-0.1, -0.05) is 17.8 Å². The van der Waals surface area contributed by atoms with Crippen molar-refractivity contribution in [3.63, 3.8) is 0 Å². The minimum absolute atomic E-state index is 0.0168. The summed E-state index contributed by atoms with van der Waals surface area (Å²) >= 11 is 1.15. The van der Waals surface area contributed by atoms with Crippen molar-refractivity contribution in [3.05, 3.63) is 24.1 Å². The van der Waals surface area contributed by atoms with Crippen LogP contribution in [0.2, 0.25) is 0 Å². The first-order chi connectivity index (χ1) is 8.06. The lowest BCUT2D eigenvalue weighted by molar-refractivity contribution is -0.117. The number of hydrogen-bond donors (Lipinski definition) is 0. The number of halogens is 1. The SMILES string of the molecule is CC(=O)SC1CC(=O)N(c2cccc(F)n2)C1. The Bertz CT molecular complexity index is 467. The molecule has 0 radical (unpaired) electrons. The third-order valence-electron chi connectivity index (χ3n) is 2.40. The minimum Gasteiger partial charge on any atom is -0.296 e. The van der Waals surface area contributed by atoms with Crippen molar-refractivity contribution < 1.29 is 14.0 Å². The average Bonchev–Trinajstić information content (AvgIpc) is 2.58. The number of carbonyl (C=O) groups excluding carboxylic acids is 2. The molecule has 0 N–H and O–H groups in total. The Hall–Kier alpha value is -1.43. The lowest BCUT2D eigenvalue weighted by Crippen LogP contribution is -2.26. The van der Waals surface area contributed by atoms with E-state index in [0.717, 1.165) is 11.8 Å². The molecule has 4 nitrogen and oxygen atoms in total. The average molecular weight is 254 g/mol. The normalized spacial score (nSPS) is 19.8. The largest absolute Gasteiger partial charge is 0.296 e. The van der Waals surface area contributed by atoms with Crippen LogP contribution in [0.5, 0.6) is 0 Å². The molecule has 1 amide bonds. The van der Waals surface area contributed by atoms with E-state index >= 15 is 0 Å². The van der Waals surface area contributed by atoms with E-state index in [1.165, 1.54) is 24.0 Å². The van der Waals surface area contributed by atoms with Gasteiger partial charge in [0.15, 0.2) is 5.12 Å². The second kappa shape index (κ2) is 4.83. The molecule has 1 aromatic heterocycles. The molecule has 1 atom stereocenters. The second-order valence-electron chi connectivity index (χ2n) is 3.76. The van der Waals surface area contributed by atoms with Crippen LogP contribution in [0.25, 0.3) is 0 Å². The van der Waals surface area contributed by atoms with Gasteiger partial charge in [0.05, 0.1) is 0 Å². The number of amides is 1. The smallest absolute Gasteiger partial charge is 0.229 e. The third kappa shape index (κ3) is 2.82. The summed E-state index contributed by atoms with van der Waals surface area (Å²) in [6.07, 6.45) is 0.294. The summed E-state index contributed by atoms with van der Waals surface area (Å²) in [5.74, 6) is -0.429. The predicted molar refractivity (Wildman–Crippen MR) is 63.2 cm³/mol. The topological polar surface area (TPSA) is 50.3 Å². The Labute approximate surface area is 102 Å². The molecule has 1 aliphatic rings. The molecule has 2 rings (SSSR count). The Kier molecular flexibility index (Phi) is 3.42. The van der Waals surface area contributed by atoms with Gasteiger partial charge >= 0.3 is 0 Å². The Morgan fingerprint density at radius 1 is 1.59 bits per heavy atom. The number of anilines is 1. The van der Waals surface area contributed by atoms with Crippen molar-refractivity contribution in [1.29, 1.82) is 0 Å². The fourth-order valence-electron chi connectivity index (χ4n) is 1.76. The molecule has 6 heteroatoms. The lowest BCUT2D eigenvalue weighted by atomic mass is 10.4. The van der Waals surface area contributed by atoms with Gasteiger partial charge in [-0.25, -0.2) is 4.98 Å². The number of nitrogens with zero attached hydrogens (tertiary/aromatic N) is 2. The van der Waals surface area contributed by atoms with Crippen LogP contribution in [0.1, 0.15) is 13.3 Å². The summed E-state index contributed by atoms with van der Waals surface area (Å²) in [5, 5.41) is -0.0816. The van der Waals surface area contributed by atoms with Gasteiger partial charge < -0.3 is 0 Å². The van der Waals surface area contributed by atoms with Gasteiger partial charge in [0.25, 0.3) is 0 Å². The van der Waals surface area contributed by atoms with E-state index < -0.39 is 5.95 Å². The zero-order valence-corrected chi connectivity index (χ0v) is 10.0. The lowest BCUT2D eigenvalue weighted by Gasteiger charge is -2.14. The highest BCUT2D eigenvalue weighted by molar-refractivity contribution is 8.14. The maximum atomic E-state index is 12.9. The molecule has 1 fully saturated rings. The quantitative estimate of drug-likeness (QED) is 0.752. The summed E-state index contributed by atoms with van der Waals surface area (Å²) in [7, 11) is 0. The van der Waals surface area contributed by atoms with Crippen molar-refractivity contribution in [2.75, 3.05) is 11.4 Å². The van der Waals surface area contributed by atoms with E-state index in [-0.39, 0.29) is 16.3 Å². The molecule has 17 heavy (non-hydrogen) atoms. The fourth-order valence-corrected chi connectivity index (χ4v) is 2.68. The van der Waals surface area contributed by atoms with Crippen molar-refractivity contribution in [2.24, 2.45) is 0 Å². The summed E-state index contributed by atoms with van der Waals surface area (Å²) in [6.45, 7) is 1.87. The summed E-state index contributed by atoms with van der Waals surface area (Å²) in [4.78, 5) is 27.8. The predicted octanol–water partition coefficient (Wildman–Crippen LogP) is 1.61. The van der Waals surface area contributed by atoms with Crippen LogP contribution in [0.3, 0.4) is 0 Å². The maximum absolute atomic E-state index is 12.9. The molecular formula is C11H11FN2O2S. The first-order valence-corrected chi connectivity index (χ1v) is 6.04. The van der Waals surface area contributed by atoms with Gasteiger partial charge in [-0.2, -0.15) is 4.39 Å². The molecule has 1 aliphatic heterocycles. The van der Waals surface area contributed by atoms with Gasteiger partial charge in [-0.3, -0.25) is 14.5 Å². The first-order valence-electron chi connectivity index (χ1n) is 5.16. The van der Waals surface area contributed by atoms with Gasteiger partial charge in [-0.15, -0.1) is 0 Å². The van der Waals surface area contributed by atoms with E-state index in [1.54, 1.807) is 6.07 Å². The first kappa shape index (κ1) is 12.0. The van der Waals surface area contributed by atoms with Crippen molar-refractivity contribution >= 4 is 28.6 Å². The molecule has 0 bridgehead atoms. The van der Waals surface area contributed by atoms with E-state index in [0.29, 0.717) is 18.8 Å². The number of carbonyl (C=O) groups is 2. The van der Waals surface area contributed by atoms with Crippen molar-refractivity contribution in [1.82, 2.24) is 4.98 Å². The summed E-state index contributed by atoms with van der Waals surface area (Å²) in [5.41, 5.74) is 0. The highest BCUT2D eigenvalue weighted by atomic mass is 32.2. The van der Waals surface area contributed by atoms with Crippen molar-refractivity contribution in [2.45, 2.75) is 18.6 Å². The van der Waals surface area contributed by atoms with Crippen LogP contribution in [-0.2, 0) is 9.59 Å². The highest BCUT2D eigenvalue weighted by Crippen LogP contribution is 2.27. The Morgan fingerprint density at radius 3 is 3.00 bits per heavy atom. The molecule has 0 saturated carbocycles. The molecule has 2 heterocycles. The van der Waals surface area contributed by atoms with Crippen molar-refractivity contribution in [3.8, 4) is 0 Å². The molecule has 1 saturated heterocycles. The highest BCUT2D eigenvalue weighted by Gasteiger charge is 2.32. The third-order valence-corrected chi connectivity index (χ3v) is 3.38. The monoisotopic (exact) mass is 254 g/mol. The molecule has 1 aromatic rings. The molecule has 90 valence electrons. The van der Waals surface area contributed by atoms with Crippen LogP contribution >= 0.6 is 11.8 Å². The Morgan fingerprint density at radius 2 is 2.35 bits per heavy atom. The molecule has 1 unspecified atom stereocenters. The second-order valence-corrected chi connectivity index (χ2v) is 5.24. The fraction of sp³-hybridized carbons (Fsp3) is 0.364. The molecule has 0 spiro atoms. The number of aromatic nitrogens is 1. The van der Waals surface area contributed by atoms with Gasteiger partial charge in [0.2, 0.25) is 11.9 Å². The van der Waals surface area contributed by atoms with Crippen LogP contribution in [-0.4, -0.2) is 27.8 Å². The van der Waals surface area contributed by atoms with E-state index in [9.17, 15) is 14.0 Å². The number of rotatable bonds is 2. The maximum Gasteiger partial charge on any atom is 0.229 e. The number of hydrogen-bond acceptors (Lipinski definition) is 4. The van der Waals surface area contributed by atoms with Crippen LogP contribution in [0, 0.1) is 5.95 Å². The van der Waals surface area contributed by atoms with Crippen LogP contribution in [0.4, 0.5) is 10.2 Å². The van der Waals surface area contributed by atoms with E-state index in [1.807, 2.05) is 0 Å². The number of thioether (sulfide) groups is 1. The minimum atomic E-state index is -0.613. The molecule has 0 aliphatic carbocycles. The zero-order chi connectivity index (χ0) is 12.4. The number of pyridine rings is 1. The van der Waals surface area contributed by atoms with Gasteiger partial charge in [-0.05, 0) is 12.1 Å². The van der Waals surface area contributed by atoms with Crippen LogP contribution in [0.15, 0.2) is 18.2 Å². The van der Waals surface area contributed by atoms with Crippen LogP contribution < -0.4 is 4.90 Å². The van der Waals surface area contributed by atoms with Gasteiger partial charge in [0.1, 0.15) is 5.82 Å². The Balaban J connectivity index is 2.13. The van der Waals surface area contributed by atoms with E-state index in [2.05, 4.69) is 4.98 Å². The summed E-state index contributed by atoms with van der Waals surface area (Å²) in [6, 6.07) is 4.32. The zero-order valence-electron chi connectivity index (χ0n) is 9.22. The van der Waals surface area contributed by atoms with Gasteiger partial charge in [0, 0.05) is 25.1 Å². The molecular weight excluding hydrogens is 243 g/mol.